The van der Waals surface area contributed by atoms with Crippen molar-refractivity contribution < 1.29 is 4.79 Å². The predicted octanol–water partition coefficient (Wildman–Crippen LogP) is 2.76. The van der Waals surface area contributed by atoms with Crippen molar-refractivity contribution in [2.24, 2.45) is 11.8 Å². The zero-order valence-electron chi connectivity index (χ0n) is 12.1. The van der Waals surface area contributed by atoms with E-state index in [1.165, 1.54) is 32.1 Å². The first-order chi connectivity index (χ1) is 8.65. The van der Waals surface area contributed by atoms with Crippen LogP contribution in [0.4, 0.5) is 0 Å². The molecule has 1 saturated heterocycles. The van der Waals surface area contributed by atoms with E-state index < -0.39 is 0 Å². The third kappa shape index (κ3) is 2.87. The fourth-order valence-corrected chi connectivity index (χ4v) is 3.48. The Labute approximate surface area is 111 Å². The third-order valence-electron chi connectivity index (χ3n) is 4.90. The minimum atomic E-state index is 0.0620. The van der Waals surface area contributed by atoms with Crippen molar-refractivity contribution in [2.75, 3.05) is 6.54 Å². The number of rotatable bonds is 4. The summed E-state index contributed by atoms with van der Waals surface area (Å²) >= 11 is 0. The highest BCUT2D eigenvalue weighted by molar-refractivity contribution is 5.84. The van der Waals surface area contributed by atoms with Crippen LogP contribution in [0, 0.1) is 11.8 Å². The standard InChI is InChI=1S/C15H28N2O/c1-4-12-6-8-13(9-7-12)10-17-11(3)16-14(5-2)15(17)18/h11-14,16H,4-10H2,1-3H3. The van der Waals surface area contributed by atoms with Crippen LogP contribution in [0.15, 0.2) is 0 Å². The number of carbonyl (C=O) groups excluding carboxylic acids is 1. The molecule has 0 aromatic carbocycles. The van der Waals surface area contributed by atoms with E-state index in [9.17, 15) is 4.79 Å². The van der Waals surface area contributed by atoms with Crippen LogP contribution >= 0.6 is 0 Å². The van der Waals surface area contributed by atoms with Gasteiger partial charge in [-0.3, -0.25) is 10.1 Å². The molecule has 2 unspecified atom stereocenters. The van der Waals surface area contributed by atoms with Crippen molar-refractivity contribution in [1.82, 2.24) is 10.2 Å². The average molecular weight is 252 g/mol. The summed E-state index contributed by atoms with van der Waals surface area (Å²) in [5.41, 5.74) is 0. The summed E-state index contributed by atoms with van der Waals surface area (Å²) in [6, 6.07) is 0.0620. The molecule has 1 aliphatic heterocycles. The lowest BCUT2D eigenvalue weighted by Gasteiger charge is -2.32. The SMILES string of the molecule is CCC1CCC(CN2C(=O)C(CC)NC2C)CC1. The maximum Gasteiger partial charge on any atom is 0.241 e. The Bertz CT molecular complexity index is 284. The first kappa shape index (κ1) is 13.9. The number of hydrogen-bond acceptors (Lipinski definition) is 2. The molecule has 3 heteroatoms. The van der Waals surface area contributed by atoms with Crippen LogP contribution in [-0.4, -0.2) is 29.6 Å². The quantitative estimate of drug-likeness (QED) is 0.834. The van der Waals surface area contributed by atoms with E-state index >= 15 is 0 Å². The minimum absolute atomic E-state index is 0.0620. The van der Waals surface area contributed by atoms with E-state index in [4.69, 9.17) is 0 Å². The number of carbonyl (C=O) groups is 1. The lowest BCUT2D eigenvalue weighted by Crippen LogP contribution is -2.39. The molecule has 104 valence electrons. The van der Waals surface area contributed by atoms with Crippen LogP contribution in [0.1, 0.15) is 59.3 Å². The monoisotopic (exact) mass is 252 g/mol. The van der Waals surface area contributed by atoms with Gasteiger partial charge < -0.3 is 4.90 Å². The fourth-order valence-electron chi connectivity index (χ4n) is 3.48. The molecule has 18 heavy (non-hydrogen) atoms. The molecule has 1 N–H and O–H groups in total. The van der Waals surface area contributed by atoms with Crippen LogP contribution in [0.3, 0.4) is 0 Å². The van der Waals surface area contributed by atoms with Crippen molar-refractivity contribution in [2.45, 2.75) is 71.5 Å². The Kier molecular flexibility index (Phi) is 4.66. The highest BCUT2D eigenvalue weighted by Gasteiger charge is 2.36. The van der Waals surface area contributed by atoms with Crippen LogP contribution in [0.25, 0.3) is 0 Å². The molecule has 2 atom stereocenters. The Morgan fingerprint density at radius 3 is 2.22 bits per heavy atom. The van der Waals surface area contributed by atoms with E-state index in [1.54, 1.807) is 0 Å². The van der Waals surface area contributed by atoms with Gasteiger partial charge >= 0.3 is 0 Å². The van der Waals surface area contributed by atoms with Gasteiger partial charge in [0.05, 0.1) is 12.2 Å². The average Bonchev–Trinajstić information content (AvgIpc) is 2.67. The number of hydrogen-bond donors (Lipinski definition) is 1. The molecule has 0 spiro atoms. The number of nitrogens with one attached hydrogen (secondary N) is 1. The Morgan fingerprint density at radius 1 is 1.11 bits per heavy atom. The lowest BCUT2D eigenvalue weighted by atomic mass is 9.80. The Hall–Kier alpha value is -0.570. The highest BCUT2D eigenvalue weighted by atomic mass is 16.2. The van der Waals surface area contributed by atoms with Gasteiger partial charge in [-0.25, -0.2) is 0 Å². The van der Waals surface area contributed by atoms with Gasteiger partial charge in [0.25, 0.3) is 0 Å². The second-order valence-electron chi connectivity index (χ2n) is 6.09. The molecule has 2 fully saturated rings. The molecule has 1 amide bonds. The molecule has 2 rings (SSSR count). The van der Waals surface area contributed by atoms with Crippen molar-refractivity contribution >= 4 is 5.91 Å². The normalized spacial score (nSPS) is 37.3. The Morgan fingerprint density at radius 2 is 1.72 bits per heavy atom. The summed E-state index contributed by atoms with van der Waals surface area (Å²) in [5.74, 6) is 1.99. The van der Waals surface area contributed by atoms with Crippen LogP contribution in [-0.2, 0) is 4.79 Å². The van der Waals surface area contributed by atoms with E-state index in [0.29, 0.717) is 5.91 Å². The summed E-state index contributed by atoms with van der Waals surface area (Å²) in [5, 5.41) is 3.39. The first-order valence-corrected chi connectivity index (χ1v) is 7.72. The van der Waals surface area contributed by atoms with Gasteiger partial charge in [-0.05, 0) is 38.0 Å². The van der Waals surface area contributed by atoms with Crippen molar-refractivity contribution in [3.63, 3.8) is 0 Å². The summed E-state index contributed by atoms with van der Waals surface area (Å²) in [4.78, 5) is 14.3. The molecule has 1 aliphatic carbocycles. The van der Waals surface area contributed by atoms with Crippen molar-refractivity contribution in [1.29, 1.82) is 0 Å². The summed E-state index contributed by atoms with van der Waals surface area (Å²) in [6.07, 6.45) is 7.81. The van der Waals surface area contributed by atoms with Gasteiger partial charge in [0.1, 0.15) is 0 Å². The topological polar surface area (TPSA) is 32.3 Å². The van der Waals surface area contributed by atoms with Gasteiger partial charge in [0.15, 0.2) is 0 Å². The highest BCUT2D eigenvalue weighted by Crippen LogP contribution is 2.31. The maximum atomic E-state index is 12.2. The van der Waals surface area contributed by atoms with Crippen molar-refractivity contribution in [3.05, 3.63) is 0 Å². The summed E-state index contributed by atoms with van der Waals surface area (Å²) in [6.45, 7) is 7.47. The molecule has 0 aromatic heterocycles. The summed E-state index contributed by atoms with van der Waals surface area (Å²) < 4.78 is 0. The molecular weight excluding hydrogens is 224 g/mol. The van der Waals surface area contributed by atoms with E-state index in [2.05, 4.69) is 31.0 Å². The van der Waals surface area contributed by atoms with Gasteiger partial charge in [0, 0.05) is 6.54 Å². The van der Waals surface area contributed by atoms with Crippen molar-refractivity contribution in [3.8, 4) is 0 Å². The van der Waals surface area contributed by atoms with Gasteiger partial charge in [-0.2, -0.15) is 0 Å². The number of amides is 1. The second-order valence-corrected chi connectivity index (χ2v) is 6.09. The molecule has 1 saturated carbocycles. The molecule has 2 aliphatic rings. The van der Waals surface area contributed by atoms with E-state index in [1.807, 2.05) is 0 Å². The Balaban J connectivity index is 1.85. The summed E-state index contributed by atoms with van der Waals surface area (Å²) in [7, 11) is 0. The second kappa shape index (κ2) is 6.05. The minimum Gasteiger partial charge on any atom is -0.326 e. The molecule has 0 aromatic rings. The van der Waals surface area contributed by atoms with Gasteiger partial charge in [0.2, 0.25) is 5.91 Å². The van der Waals surface area contributed by atoms with Crippen LogP contribution in [0.5, 0.6) is 0 Å². The predicted molar refractivity (Wildman–Crippen MR) is 74.1 cm³/mol. The van der Waals surface area contributed by atoms with Gasteiger partial charge in [-0.1, -0.05) is 33.1 Å². The molecule has 0 radical (unpaired) electrons. The molecular formula is C15H28N2O. The van der Waals surface area contributed by atoms with Crippen LogP contribution in [0.2, 0.25) is 0 Å². The zero-order valence-corrected chi connectivity index (χ0v) is 12.1. The maximum absolute atomic E-state index is 12.2. The van der Waals surface area contributed by atoms with Crippen LogP contribution < -0.4 is 5.32 Å². The van der Waals surface area contributed by atoms with Gasteiger partial charge in [-0.15, -0.1) is 0 Å². The fraction of sp³-hybridized carbons (Fsp3) is 0.933. The zero-order chi connectivity index (χ0) is 13.1. The molecule has 3 nitrogen and oxygen atoms in total. The smallest absolute Gasteiger partial charge is 0.241 e. The number of nitrogens with zero attached hydrogens (tertiary/aromatic N) is 1. The molecule has 1 heterocycles. The van der Waals surface area contributed by atoms with E-state index in [0.717, 1.165) is 24.8 Å². The largest absolute Gasteiger partial charge is 0.326 e. The lowest BCUT2D eigenvalue weighted by molar-refractivity contribution is -0.130. The van der Waals surface area contributed by atoms with E-state index in [-0.39, 0.29) is 12.2 Å². The first-order valence-electron chi connectivity index (χ1n) is 7.72. The molecule has 0 bridgehead atoms. The third-order valence-corrected chi connectivity index (χ3v) is 4.90.